The lowest BCUT2D eigenvalue weighted by atomic mass is 9.88. The quantitative estimate of drug-likeness (QED) is 0.523. The molecule has 47 valence electrons. The highest BCUT2D eigenvalue weighted by molar-refractivity contribution is 9.11. The molecule has 0 saturated carbocycles. The standard InChI is InChI=1S/C6H7BBrO/c1-3-6(7-9)4-5(2)8/h3-4,9H,1-2H2/b6-4+. The van der Waals surface area contributed by atoms with Crippen molar-refractivity contribution in [3.8, 4) is 0 Å². The molecule has 1 nitrogen and oxygen atoms in total. The molecule has 0 fully saturated rings. The molecule has 0 rings (SSSR count). The topological polar surface area (TPSA) is 20.2 Å². The van der Waals surface area contributed by atoms with Gasteiger partial charge in [-0.15, -0.1) is 0 Å². The Morgan fingerprint density at radius 3 is 2.33 bits per heavy atom. The maximum Gasteiger partial charge on any atom is 0.326 e. The zero-order valence-corrected chi connectivity index (χ0v) is 6.56. The Morgan fingerprint density at radius 2 is 2.22 bits per heavy atom. The summed E-state index contributed by atoms with van der Waals surface area (Å²) in [6.45, 7) is 7.02. The predicted molar refractivity (Wildman–Crippen MR) is 44.3 cm³/mol. The van der Waals surface area contributed by atoms with Gasteiger partial charge in [-0.3, -0.25) is 0 Å². The Balaban J connectivity index is 4.07. The summed E-state index contributed by atoms with van der Waals surface area (Å²) < 4.78 is 0.711. The second-order valence-electron chi connectivity index (χ2n) is 1.42. The first-order valence-corrected chi connectivity index (χ1v) is 3.16. The third-order valence-corrected chi connectivity index (χ3v) is 0.937. The van der Waals surface area contributed by atoms with Crippen LogP contribution < -0.4 is 0 Å². The van der Waals surface area contributed by atoms with E-state index in [9.17, 15) is 0 Å². The van der Waals surface area contributed by atoms with E-state index in [2.05, 4.69) is 29.1 Å². The van der Waals surface area contributed by atoms with Crippen molar-refractivity contribution >= 4 is 23.4 Å². The van der Waals surface area contributed by atoms with Gasteiger partial charge in [0.2, 0.25) is 0 Å². The SMILES string of the molecule is C=C/C([B]O)=C\C(=C)Br. The van der Waals surface area contributed by atoms with Crippen LogP contribution in [0.4, 0.5) is 0 Å². The van der Waals surface area contributed by atoms with Gasteiger partial charge in [0.25, 0.3) is 0 Å². The van der Waals surface area contributed by atoms with E-state index in [0.29, 0.717) is 9.95 Å². The molecule has 0 saturated heterocycles. The van der Waals surface area contributed by atoms with Crippen molar-refractivity contribution in [3.63, 3.8) is 0 Å². The first-order valence-electron chi connectivity index (χ1n) is 2.36. The largest absolute Gasteiger partial charge is 0.450 e. The normalized spacial score (nSPS) is 10.7. The fourth-order valence-corrected chi connectivity index (χ4v) is 0.594. The van der Waals surface area contributed by atoms with Crippen molar-refractivity contribution in [2.75, 3.05) is 0 Å². The van der Waals surface area contributed by atoms with Crippen LogP contribution in [0.15, 0.2) is 35.3 Å². The molecule has 0 heterocycles. The van der Waals surface area contributed by atoms with E-state index in [4.69, 9.17) is 5.02 Å². The van der Waals surface area contributed by atoms with Crippen molar-refractivity contribution < 1.29 is 5.02 Å². The lowest BCUT2D eigenvalue weighted by Crippen LogP contribution is -1.89. The van der Waals surface area contributed by atoms with Crippen LogP contribution in [0.1, 0.15) is 0 Å². The van der Waals surface area contributed by atoms with Gasteiger partial charge in [0.05, 0.1) is 0 Å². The molecule has 0 amide bonds. The summed E-state index contributed by atoms with van der Waals surface area (Å²) in [6.07, 6.45) is 3.19. The summed E-state index contributed by atoms with van der Waals surface area (Å²) in [7, 11) is 0.972. The fraction of sp³-hybridized carbons (Fsp3) is 0. The highest BCUT2D eigenvalue weighted by atomic mass is 79.9. The monoisotopic (exact) mass is 185 g/mol. The maximum atomic E-state index is 8.45. The second kappa shape index (κ2) is 4.59. The highest BCUT2D eigenvalue weighted by Gasteiger charge is 1.89. The minimum atomic E-state index is 0.636. The molecule has 0 unspecified atom stereocenters. The van der Waals surface area contributed by atoms with Crippen LogP contribution >= 0.6 is 15.9 Å². The van der Waals surface area contributed by atoms with Crippen molar-refractivity contribution in [3.05, 3.63) is 35.3 Å². The van der Waals surface area contributed by atoms with Crippen LogP contribution in [0.25, 0.3) is 0 Å². The summed E-state index contributed by atoms with van der Waals surface area (Å²) in [6, 6.07) is 0. The Hall–Kier alpha value is -0.275. The van der Waals surface area contributed by atoms with Crippen LogP contribution in [0.2, 0.25) is 0 Å². The number of allylic oxidation sites excluding steroid dienone is 4. The Kier molecular flexibility index (Phi) is 4.45. The van der Waals surface area contributed by atoms with Gasteiger partial charge in [-0.2, -0.15) is 0 Å². The summed E-state index contributed by atoms with van der Waals surface area (Å²) in [5.74, 6) is 0. The van der Waals surface area contributed by atoms with E-state index in [1.165, 1.54) is 6.08 Å². The van der Waals surface area contributed by atoms with Crippen LogP contribution in [-0.4, -0.2) is 12.5 Å². The Bertz CT molecular complexity index is 151. The lowest BCUT2D eigenvalue weighted by Gasteiger charge is -1.89. The second-order valence-corrected chi connectivity index (χ2v) is 2.44. The number of rotatable bonds is 3. The van der Waals surface area contributed by atoms with Crippen molar-refractivity contribution in [1.29, 1.82) is 0 Å². The van der Waals surface area contributed by atoms with Crippen LogP contribution in [0, 0.1) is 0 Å². The van der Waals surface area contributed by atoms with E-state index in [1.807, 2.05) is 0 Å². The average molecular weight is 186 g/mol. The summed E-state index contributed by atoms with van der Waals surface area (Å²) in [5.41, 5.74) is 0.636. The molecule has 0 atom stereocenters. The van der Waals surface area contributed by atoms with Gasteiger partial charge in [0.1, 0.15) is 0 Å². The van der Waals surface area contributed by atoms with Crippen molar-refractivity contribution in [1.82, 2.24) is 0 Å². The Morgan fingerprint density at radius 1 is 1.67 bits per heavy atom. The molecule has 1 radical (unpaired) electrons. The number of hydrogen-bond donors (Lipinski definition) is 1. The summed E-state index contributed by atoms with van der Waals surface area (Å²) >= 11 is 3.11. The Labute approximate surface area is 64.2 Å². The van der Waals surface area contributed by atoms with E-state index < -0.39 is 0 Å². The van der Waals surface area contributed by atoms with E-state index in [0.717, 1.165) is 7.48 Å². The number of halogens is 1. The molecule has 0 aliphatic carbocycles. The smallest absolute Gasteiger partial charge is 0.326 e. The van der Waals surface area contributed by atoms with Crippen molar-refractivity contribution in [2.24, 2.45) is 0 Å². The molecule has 0 aromatic rings. The maximum absolute atomic E-state index is 8.45. The van der Waals surface area contributed by atoms with E-state index in [1.54, 1.807) is 6.08 Å². The van der Waals surface area contributed by atoms with Crippen molar-refractivity contribution in [2.45, 2.75) is 0 Å². The third kappa shape index (κ3) is 4.24. The molecular formula is C6H7BBrO. The van der Waals surface area contributed by atoms with Gasteiger partial charge in [-0.05, 0) is 0 Å². The van der Waals surface area contributed by atoms with Gasteiger partial charge >= 0.3 is 7.48 Å². The van der Waals surface area contributed by atoms with Crippen LogP contribution in [-0.2, 0) is 0 Å². The molecule has 3 heteroatoms. The fourth-order valence-electron chi connectivity index (χ4n) is 0.330. The molecule has 0 aromatic carbocycles. The summed E-state index contributed by atoms with van der Waals surface area (Å²) in [5, 5.41) is 8.45. The van der Waals surface area contributed by atoms with Gasteiger partial charge in [0, 0.05) is 4.48 Å². The van der Waals surface area contributed by atoms with Crippen LogP contribution in [0.3, 0.4) is 0 Å². The summed E-state index contributed by atoms with van der Waals surface area (Å²) in [4.78, 5) is 0. The molecule has 1 N–H and O–H groups in total. The molecule has 0 aromatic heterocycles. The average Bonchev–Trinajstić information content (AvgIpc) is 1.82. The van der Waals surface area contributed by atoms with Gasteiger partial charge in [-0.25, -0.2) is 0 Å². The first kappa shape index (κ1) is 8.72. The highest BCUT2D eigenvalue weighted by Crippen LogP contribution is 2.05. The first-order chi connectivity index (χ1) is 4.20. The zero-order chi connectivity index (χ0) is 7.28. The van der Waals surface area contributed by atoms with Gasteiger partial charge < -0.3 is 5.02 Å². The van der Waals surface area contributed by atoms with Crippen LogP contribution in [0.5, 0.6) is 0 Å². The number of hydrogen-bond acceptors (Lipinski definition) is 1. The van der Waals surface area contributed by atoms with E-state index >= 15 is 0 Å². The van der Waals surface area contributed by atoms with Gasteiger partial charge in [0.15, 0.2) is 0 Å². The molecule has 0 aliphatic rings. The lowest BCUT2D eigenvalue weighted by molar-refractivity contribution is 0.612. The molecule has 9 heavy (non-hydrogen) atoms. The molecule has 0 aliphatic heterocycles. The minimum absolute atomic E-state index is 0.636. The molecule has 0 spiro atoms. The molecular weight excluding hydrogens is 179 g/mol. The predicted octanol–water partition coefficient (Wildman–Crippen LogP) is 1.58. The van der Waals surface area contributed by atoms with E-state index in [-0.39, 0.29) is 0 Å². The molecule has 0 bridgehead atoms. The van der Waals surface area contributed by atoms with Gasteiger partial charge in [-0.1, -0.05) is 46.7 Å². The zero-order valence-electron chi connectivity index (χ0n) is 4.97. The minimum Gasteiger partial charge on any atom is -0.450 e. The third-order valence-electron chi connectivity index (χ3n) is 0.708.